The Kier molecular flexibility index (Phi) is 7.97. The average Bonchev–Trinajstić information content (AvgIpc) is 2.55. The Morgan fingerprint density at radius 3 is 1.96 bits per heavy atom. The molecule has 0 radical (unpaired) electrons. The molecule has 0 bridgehead atoms. The molecule has 28 heavy (non-hydrogen) atoms. The minimum absolute atomic E-state index is 0.00474. The molecule has 0 saturated heterocycles. The Labute approximate surface area is 168 Å². The van der Waals surface area contributed by atoms with E-state index in [1.54, 1.807) is 12.1 Å². The number of ether oxygens (including phenoxy) is 2. The fourth-order valence-electron chi connectivity index (χ4n) is 2.93. The first-order valence-electron chi connectivity index (χ1n) is 9.52. The zero-order valence-corrected chi connectivity index (χ0v) is 18.1. The molecule has 4 nitrogen and oxygen atoms in total. The summed E-state index contributed by atoms with van der Waals surface area (Å²) in [5.74, 6) is -1.17. The number of rotatable bonds is 7. The van der Waals surface area contributed by atoms with Crippen molar-refractivity contribution in [2.45, 2.75) is 54.9 Å². The second-order valence-corrected chi connectivity index (χ2v) is 9.51. The van der Waals surface area contributed by atoms with Crippen LogP contribution in [-0.2, 0) is 19.1 Å². The van der Waals surface area contributed by atoms with Crippen LogP contribution in [0.15, 0.2) is 30.3 Å². The highest BCUT2D eigenvalue weighted by Gasteiger charge is 2.47. The van der Waals surface area contributed by atoms with Crippen LogP contribution in [0.25, 0.3) is 6.08 Å². The largest absolute Gasteiger partial charge is 0.462 e. The van der Waals surface area contributed by atoms with Crippen LogP contribution in [0.2, 0.25) is 0 Å². The third-order valence-electron chi connectivity index (χ3n) is 4.83. The average molecular weight is 393 g/mol. The highest BCUT2D eigenvalue weighted by Crippen LogP contribution is 2.47. The van der Waals surface area contributed by atoms with Crippen molar-refractivity contribution < 1.29 is 23.5 Å². The summed E-state index contributed by atoms with van der Waals surface area (Å²) < 4.78 is 23.3. The molecule has 1 atom stereocenters. The predicted molar refractivity (Wildman–Crippen MR) is 109 cm³/mol. The van der Waals surface area contributed by atoms with Crippen LogP contribution < -0.4 is 0 Å². The van der Waals surface area contributed by atoms with Crippen molar-refractivity contribution in [1.82, 2.24) is 0 Å². The van der Waals surface area contributed by atoms with E-state index in [1.807, 2.05) is 27.7 Å². The maximum atomic E-state index is 12.8. The van der Waals surface area contributed by atoms with Crippen molar-refractivity contribution in [2.75, 3.05) is 13.2 Å². The van der Waals surface area contributed by atoms with Gasteiger partial charge in [0, 0.05) is 6.08 Å². The highest BCUT2D eigenvalue weighted by molar-refractivity contribution is 5.87. The van der Waals surface area contributed by atoms with Crippen LogP contribution >= 0.6 is 0 Å². The van der Waals surface area contributed by atoms with E-state index in [0.29, 0.717) is 12.0 Å². The normalized spacial score (nSPS) is 14.6. The number of carbonyl (C=O) groups excluding carboxylic acids is 2. The van der Waals surface area contributed by atoms with Crippen LogP contribution in [0.3, 0.4) is 0 Å². The van der Waals surface area contributed by atoms with Gasteiger partial charge in [-0.2, -0.15) is 0 Å². The van der Waals surface area contributed by atoms with Crippen LogP contribution in [0, 0.1) is 22.1 Å². The molecule has 0 fully saturated rings. The smallest absolute Gasteiger partial charge is 0.330 e. The van der Waals surface area contributed by atoms with Crippen molar-refractivity contribution >= 4 is 18.0 Å². The molecule has 1 rings (SSSR count). The standard InChI is InChI=1S/C23H33FO4/c1-21(2,3)16-23(7,22(4,5)6)20(26)28-15-14-27-19(25)13-10-17-8-11-18(24)12-9-17/h8-13H,14-16H2,1-7H3/b13-10+. The molecule has 0 heterocycles. The summed E-state index contributed by atoms with van der Waals surface area (Å²) in [6, 6.07) is 5.75. The van der Waals surface area contributed by atoms with E-state index in [-0.39, 0.29) is 35.8 Å². The minimum Gasteiger partial charge on any atom is -0.462 e. The molecular formula is C23H33FO4. The van der Waals surface area contributed by atoms with Gasteiger partial charge in [-0.05, 0) is 47.9 Å². The first-order valence-corrected chi connectivity index (χ1v) is 9.52. The highest BCUT2D eigenvalue weighted by atomic mass is 19.1. The van der Waals surface area contributed by atoms with Crippen LogP contribution in [-0.4, -0.2) is 25.2 Å². The summed E-state index contributed by atoms with van der Waals surface area (Å²) in [6.45, 7) is 14.3. The number of carbonyl (C=O) groups is 2. The molecule has 0 spiro atoms. The molecule has 0 aliphatic carbocycles. The summed E-state index contributed by atoms with van der Waals surface area (Å²) in [6.07, 6.45) is 3.48. The zero-order chi connectivity index (χ0) is 21.6. The number of esters is 2. The van der Waals surface area contributed by atoms with Crippen molar-refractivity contribution in [1.29, 1.82) is 0 Å². The van der Waals surface area contributed by atoms with Gasteiger partial charge in [-0.3, -0.25) is 4.79 Å². The number of hydrogen-bond acceptors (Lipinski definition) is 4. The monoisotopic (exact) mass is 392 g/mol. The van der Waals surface area contributed by atoms with Gasteiger partial charge in [0.1, 0.15) is 19.0 Å². The fraction of sp³-hybridized carbons (Fsp3) is 0.565. The lowest BCUT2D eigenvalue weighted by Crippen LogP contribution is -2.44. The van der Waals surface area contributed by atoms with E-state index in [1.165, 1.54) is 24.3 Å². The van der Waals surface area contributed by atoms with Crippen LogP contribution in [0.5, 0.6) is 0 Å². The predicted octanol–water partition coefficient (Wildman–Crippen LogP) is 5.41. The van der Waals surface area contributed by atoms with Gasteiger partial charge in [0.05, 0.1) is 5.41 Å². The van der Waals surface area contributed by atoms with Crippen LogP contribution in [0.4, 0.5) is 4.39 Å². The summed E-state index contributed by atoms with van der Waals surface area (Å²) >= 11 is 0. The Morgan fingerprint density at radius 2 is 1.46 bits per heavy atom. The first-order chi connectivity index (χ1) is 12.7. The molecule has 0 amide bonds. The Balaban J connectivity index is 2.53. The Morgan fingerprint density at radius 1 is 0.929 bits per heavy atom. The SMILES string of the molecule is CC(C)(C)CC(C)(C(=O)OCCOC(=O)/C=C/c1ccc(F)cc1)C(C)(C)C. The molecular weight excluding hydrogens is 359 g/mol. The van der Waals surface area contributed by atoms with Crippen LogP contribution in [0.1, 0.15) is 60.5 Å². The minimum atomic E-state index is -0.655. The zero-order valence-electron chi connectivity index (χ0n) is 18.1. The Bertz CT molecular complexity index is 693. The summed E-state index contributed by atoms with van der Waals surface area (Å²) in [5, 5.41) is 0. The Hall–Kier alpha value is -2.17. The van der Waals surface area contributed by atoms with E-state index < -0.39 is 11.4 Å². The van der Waals surface area contributed by atoms with Gasteiger partial charge >= 0.3 is 11.9 Å². The third kappa shape index (κ3) is 7.45. The lowest BCUT2D eigenvalue weighted by Gasteiger charge is -2.43. The van der Waals surface area contributed by atoms with E-state index >= 15 is 0 Å². The number of benzene rings is 1. The lowest BCUT2D eigenvalue weighted by molar-refractivity contribution is -0.167. The summed E-state index contributed by atoms with van der Waals surface area (Å²) in [4.78, 5) is 24.5. The number of hydrogen-bond donors (Lipinski definition) is 0. The third-order valence-corrected chi connectivity index (χ3v) is 4.83. The molecule has 1 unspecified atom stereocenters. The van der Waals surface area contributed by atoms with Gasteiger partial charge in [0.25, 0.3) is 0 Å². The van der Waals surface area contributed by atoms with E-state index in [0.717, 1.165) is 0 Å². The van der Waals surface area contributed by atoms with E-state index in [9.17, 15) is 14.0 Å². The number of halogens is 1. The molecule has 5 heteroatoms. The molecule has 0 aliphatic rings. The van der Waals surface area contributed by atoms with Crippen molar-refractivity contribution in [2.24, 2.45) is 16.2 Å². The first kappa shape index (κ1) is 23.9. The van der Waals surface area contributed by atoms with Gasteiger partial charge in [0.2, 0.25) is 0 Å². The topological polar surface area (TPSA) is 52.6 Å². The lowest BCUT2D eigenvalue weighted by atomic mass is 9.61. The van der Waals surface area contributed by atoms with Gasteiger partial charge < -0.3 is 9.47 Å². The van der Waals surface area contributed by atoms with Gasteiger partial charge in [0.15, 0.2) is 0 Å². The van der Waals surface area contributed by atoms with Gasteiger partial charge in [-0.25, -0.2) is 9.18 Å². The molecule has 0 saturated carbocycles. The molecule has 0 aromatic heterocycles. The second kappa shape index (κ2) is 9.35. The summed E-state index contributed by atoms with van der Waals surface area (Å²) in [7, 11) is 0. The van der Waals surface area contributed by atoms with Crippen molar-refractivity contribution in [3.8, 4) is 0 Å². The maximum absolute atomic E-state index is 12.8. The van der Waals surface area contributed by atoms with Crippen molar-refractivity contribution in [3.05, 3.63) is 41.7 Å². The summed E-state index contributed by atoms with van der Waals surface area (Å²) in [5.41, 5.74) is -0.268. The maximum Gasteiger partial charge on any atom is 0.330 e. The van der Waals surface area contributed by atoms with Gasteiger partial charge in [-0.1, -0.05) is 53.7 Å². The molecule has 1 aromatic rings. The second-order valence-electron chi connectivity index (χ2n) is 9.51. The van der Waals surface area contributed by atoms with Gasteiger partial charge in [-0.15, -0.1) is 0 Å². The van der Waals surface area contributed by atoms with Crippen molar-refractivity contribution in [3.63, 3.8) is 0 Å². The quantitative estimate of drug-likeness (QED) is 0.353. The molecule has 0 N–H and O–H groups in total. The fourth-order valence-corrected chi connectivity index (χ4v) is 2.93. The van der Waals surface area contributed by atoms with E-state index in [2.05, 4.69) is 20.8 Å². The molecule has 156 valence electrons. The van der Waals surface area contributed by atoms with E-state index in [4.69, 9.17) is 9.47 Å². The molecule has 1 aromatic carbocycles. The molecule has 0 aliphatic heterocycles.